The number of aliphatic carboxylic acids is 1. The number of carbonyl (C=O) groups is 1. The SMILES string of the molecule is CC(C)CCN(C)C(C(=O)O)C1CC1. The molecular formula is C11H21NO2. The normalized spacial score (nSPS) is 18.9. The summed E-state index contributed by atoms with van der Waals surface area (Å²) < 4.78 is 0. The fourth-order valence-corrected chi connectivity index (χ4v) is 1.76. The van der Waals surface area contributed by atoms with Crippen LogP contribution in [-0.2, 0) is 4.79 Å². The van der Waals surface area contributed by atoms with Crippen LogP contribution in [0.3, 0.4) is 0 Å². The number of hydrogen-bond acceptors (Lipinski definition) is 2. The molecule has 1 atom stereocenters. The number of rotatable bonds is 6. The second-order valence-electron chi connectivity index (χ2n) is 4.78. The molecule has 0 bridgehead atoms. The average Bonchev–Trinajstić information content (AvgIpc) is 2.84. The molecule has 0 radical (unpaired) electrons. The maximum atomic E-state index is 11.0. The Morgan fingerprint density at radius 3 is 2.43 bits per heavy atom. The van der Waals surface area contributed by atoms with Gasteiger partial charge in [0.2, 0.25) is 0 Å². The molecule has 0 aromatic rings. The molecule has 0 aromatic carbocycles. The van der Waals surface area contributed by atoms with Gasteiger partial charge in [0.15, 0.2) is 0 Å². The van der Waals surface area contributed by atoms with E-state index in [0.29, 0.717) is 11.8 Å². The zero-order valence-corrected chi connectivity index (χ0v) is 9.36. The van der Waals surface area contributed by atoms with Crippen LogP contribution in [0.4, 0.5) is 0 Å². The zero-order valence-electron chi connectivity index (χ0n) is 9.36. The van der Waals surface area contributed by atoms with Gasteiger partial charge in [-0.05, 0) is 44.7 Å². The van der Waals surface area contributed by atoms with Gasteiger partial charge in [-0.15, -0.1) is 0 Å². The van der Waals surface area contributed by atoms with E-state index in [1.165, 1.54) is 0 Å². The third-order valence-electron chi connectivity index (χ3n) is 2.86. The summed E-state index contributed by atoms with van der Waals surface area (Å²) in [5, 5.41) is 9.08. The van der Waals surface area contributed by atoms with E-state index in [4.69, 9.17) is 5.11 Å². The van der Waals surface area contributed by atoms with Crippen LogP contribution in [0.2, 0.25) is 0 Å². The van der Waals surface area contributed by atoms with Crippen LogP contribution in [-0.4, -0.2) is 35.6 Å². The van der Waals surface area contributed by atoms with Crippen molar-refractivity contribution >= 4 is 5.97 Å². The largest absolute Gasteiger partial charge is 0.480 e. The van der Waals surface area contributed by atoms with Gasteiger partial charge in [-0.1, -0.05) is 13.8 Å². The lowest BCUT2D eigenvalue weighted by atomic mass is 10.1. The zero-order chi connectivity index (χ0) is 10.7. The first-order chi connectivity index (χ1) is 6.52. The summed E-state index contributed by atoms with van der Waals surface area (Å²) in [6.07, 6.45) is 3.25. The second kappa shape index (κ2) is 4.78. The molecule has 3 heteroatoms. The minimum absolute atomic E-state index is 0.242. The number of nitrogens with zero attached hydrogens (tertiary/aromatic N) is 1. The molecule has 0 saturated heterocycles. The monoisotopic (exact) mass is 199 g/mol. The van der Waals surface area contributed by atoms with E-state index in [0.717, 1.165) is 25.8 Å². The molecule has 82 valence electrons. The van der Waals surface area contributed by atoms with Gasteiger partial charge < -0.3 is 5.11 Å². The van der Waals surface area contributed by atoms with E-state index in [1.807, 2.05) is 11.9 Å². The van der Waals surface area contributed by atoms with Crippen LogP contribution in [0.1, 0.15) is 33.1 Å². The predicted molar refractivity (Wildman–Crippen MR) is 56.2 cm³/mol. The van der Waals surface area contributed by atoms with Gasteiger partial charge in [0, 0.05) is 0 Å². The van der Waals surface area contributed by atoms with E-state index in [-0.39, 0.29) is 6.04 Å². The smallest absolute Gasteiger partial charge is 0.321 e. The lowest BCUT2D eigenvalue weighted by Gasteiger charge is -2.25. The second-order valence-corrected chi connectivity index (χ2v) is 4.78. The van der Waals surface area contributed by atoms with Crippen molar-refractivity contribution in [3.63, 3.8) is 0 Å². The Balaban J connectivity index is 2.38. The Bertz CT molecular complexity index is 199. The maximum Gasteiger partial charge on any atom is 0.321 e. The number of likely N-dealkylation sites (N-methyl/N-ethyl adjacent to an activating group) is 1. The Labute approximate surface area is 86.1 Å². The summed E-state index contributed by atoms with van der Waals surface area (Å²) in [5.74, 6) is 0.398. The average molecular weight is 199 g/mol. The van der Waals surface area contributed by atoms with Gasteiger partial charge >= 0.3 is 5.97 Å². The van der Waals surface area contributed by atoms with Gasteiger partial charge in [-0.2, -0.15) is 0 Å². The van der Waals surface area contributed by atoms with E-state index < -0.39 is 5.97 Å². The van der Waals surface area contributed by atoms with Crippen LogP contribution >= 0.6 is 0 Å². The highest BCUT2D eigenvalue weighted by molar-refractivity contribution is 5.74. The molecular weight excluding hydrogens is 178 g/mol. The Hall–Kier alpha value is -0.570. The van der Waals surface area contributed by atoms with E-state index in [9.17, 15) is 4.79 Å². The minimum atomic E-state index is -0.654. The van der Waals surface area contributed by atoms with E-state index in [1.54, 1.807) is 0 Å². The van der Waals surface area contributed by atoms with Crippen LogP contribution in [0, 0.1) is 11.8 Å². The molecule has 14 heavy (non-hydrogen) atoms. The third kappa shape index (κ3) is 3.29. The van der Waals surface area contributed by atoms with Crippen molar-refractivity contribution in [2.75, 3.05) is 13.6 Å². The van der Waals surface area contributed by atoms with Crippen LogP contribution in [0.25, 0.3) is 0 Å². The highest BCUT2D eigenvalue weighted by atomic mass is 16.4. The molecule has 1 rings (SSSR count). The molecule has 1 saturated carbocycles. The van der Waals surface area contributed by atoms with Gasteiger partial charge in [0.05, 0.1) is 0 Å². The number of carboxylic acids is 1. The lowest BCUT2D eigenvalue weighted by Crippen LogP contribution is -2.41. The molecule has 1 aliphatic carbocycles. The van der Waals surface area contributed by atoms with E-state index in [2.05, 4.69) is 13.8 Å². The van der Waals surface area contributed by atoms with Crippen molar-refractivity contribution in [2.45, 2.75) is 39.2 Å². The highest BCUT2D eigenvalue weighted by Crippen LogP contribution is 2.35. The van der Waals surface area contributed by atoms with Gasteiger partial charge in [0.1, 0.15) is 6.04 Å². The summed E-state index contributed by atoms with van der Waals surface area (Å²) in [7, 11) is 1.93. The lowest BCUT2D eigenvalue weighted by molar-refractivity contribution is -0.143. The molecule has 1 aliphatic rings. The molecule has 1 fully saturated rings. The Morgan fingerprint density at radius 1 is 1.50 bits per heavy atom. The molecule has 0 aliphatic heterocycles. The molecule has 0 aromatic heterocycles. The van der Waals surface area contributed by atoms with Gasteiger partial charge in [-0.25, -0.2) is 0 Å². The first-order valence-corrected chi connectivity index (χ1v) is 5.45. The quantitative estimate of drug-likeness (QED) is 0.709. The summed E-state index contributed by atoms with van der Waals surface area (Å²) in [4.78, 5) is 13.0. The van der Waals surface area contributed by atoms with Crippen molar-refractivity contribution in [1.82, 2.24) is 4.90 Å². The molecule has 3 nitrogen and oxygen atoms in total. The molecule has 0 heterocycles. The molecule has 0 spiro atoms. The van der Waals surface area contributed by atoms with Crippen molar-refractivity contribution in [1.29, 1.82) is 0 Å². The first-order valence-electron chi connectivity index (χ1n) is 5.45. The standard InChI is InChI=1S/C11H21NO2/c1-8(2)6-7-12(3)10(11(13)14)9-4-5-9/h8-10H,4-7H2,1-3H3,(H,13,14). The Morgan fingerprint density at radius 2 is 2.07 bits per heavy atom. The minimum Gasteiger partial charge on any atom is -0.480 e. The first kappa shape index (κ1) is 11.5. The van der Waals surface area contributed by atoms with Crippen LogP contribution in [0.5, 0.6) is 0 Å². The topological polar surface area (TPSA) is 40.5 Å². The van der Waals surface area contributed by atoms with Gasteiger partial charge in [0.25, 0.3) is 0 Å². The van der Waals surface area contributed by atoms with E-state index >= 15 is 0 Å². The Kier molecular flexibility index (Phi) is 3.93. The number of carboxylic acid groups (broad SMARTS) is 1. The summed E-state index contributed by atoms with van der Waals surface area (Å²) in [6.45, 7) is 5.23. The molecule has 1 unspecified atom stereocenters. The van der Waals surface area contributed by atoms with Crippen molar-refractivity contribution < 1.29 is 9.90 Å². The fraction of sp³-hybridized carbons (Fsp3) is 0.909. The number of hydrogen-bond donors (Lipinski definition) is 1. The van der Waals surface area contributed by atoms with Crippen molar-refractivity contribution in [3.05, 3.63) is 0 Å². The maximum absolute atomic E-state index is 11.0. The summed E-state index contributed by atoms with van der Waals surface area (Å²) >= 11 is 0. The summed E-state index contributed by atoms with van der Waals surface area (Å²) in [5.41, 5.74) is 0. The van der Waals surface area contributed by atoms with Crippen LogP contribution < -0.4 is 0 Å². The van der Waals surface area contributed by atoms with Crippen molar-refractivity contribution in [2.24, 2.45) is 11.8 Å². The predicted octanol–water partition coefficient (Wildman–Crippen LogP) is 1.83. The highest BCUT2D eigenvalue weighted by Gasteiger charge is 2.38. The molecule has 1 N–H and O–H groups in total. The fourth-order valence-electron chi connectivity index (χ4n) is 1.76. The van der Waals surface area contributed by atoms with Crippen molar-refractivity contribution in [3.8, 4) is 0 Å². The molecule has 0 amide bonds. The van der Waals surface area contributed by atoms with Gasteiger partial charge in [-0.3, -0.25) is 9.69 Å². The summed E-state index contributed by atoms with van der Waals surface area (Å²) in [6, 6.07) is -0.242. The third-order valence-corrected chi connectivity index (χ3v) is 2.86. The van der Waals surface area contributed by atoms with Crippen LogP contribution in [0.15, 0.2) is 0 Å².